The van der Waals surface area contributed by atoms with E-state index in [1.54, 1.807) is 11.3 Å². The molecule has 2 aromatic rings. The molecular weight excluding hydrogens is 310 g/mol. The van der Waals surface area contributed by atoms with Gasteiger partial charge in [0.1, 0.15) is 0 Å². The lowest BCUT2D eigenvalue weighted by atomic mass is 10.3. The molecule has 0 atom stereocenters. The van der Waals surface area contributed by atoms with E-state index in [4.69, 9.17) is 5.11 Å². The van der Waals surface area contributed by atoms with Crippen LogP contribution >= 0.6 is 22.7 Å². The normalized spacial score (nSPS) is 10.3. The molecule has 0 saturated heterocycles. The van der Waals surface area contributed by atoms with E-state index < -0.39 is 5.97 Å². The van der Waals surface area contributed by atoms with Gasteiger partial charge in [-0.25, -0.2) is 14.6 Å². The first-order valence-electron chi connectivity index (χ1n) is 6.28. The number of nitrogens with one attached hydrogen (secondary N) is 2. The van der Waals surface area contributed by atoms with Crippen molar-refractivity contribution in [3.05, 3.63) is 38.0 Å². The minimum absolute atomic E-state index is 0.0487. The van der Waals surface area contributed by atoms with Crippen molar-refractivity contribution in [3.63, 3.8) is 0 Å². The summed E-state index contributed by atoms with van der Waals surface area (Å²) in [5, 5.41) is 18.5. The number of carboxylic acids is 1. The number of thiazole rings is 1. The third-order valence-electron chi connectivity index (χ3n) is 2.77. The number of rotatable bonds is 6. The molecule has 2 rings (SSSR count). The van der Waals surface area contributed by atoms with Gasteiger partial charge in [0.25, 0.3) is 0 Å². The number of carbonyl (C=O) groups excluding carboxylic acids is 1. The Bertz CT molecular complexity index is 636. The van der Waals surface area contributed by atoms with Crippen LogP contribution in [0.4, 0.5) is 4.79 Å². The number of aromatic carboxylic acids is 1. The third-order valence-corrected chi connectivity index (χ3v) is 4.70. The Kier molecular flexibility index (Phi) is 5.29. The van der Waals surface area contributed by atoms with E-state index in [0.717, 1.165) is 4.88 Å². The van der Waals surface area contributed by atoms with Crippen LogP contribution in [0.3, 0.4) is 0 Å². The molecule has 2 heterocycles. The number of amides is 2. The highest BCUT2D eigenvalue weighted by atomic mass is 32.1. The maximum atomic E-state index is 11.6. The molecule has 0 spiro atoms. The Morgan fingerprint density at radius 2 is 2.14 bits per heavy atom. The number of thiophene rings is 1. The van der Waals surface area contributed by atoms with Crippen molar-refractivity contribution < 1.29 is 14.7 Å². The summed E-state index contributed by atoms with van der Waals surface area (Å²) in [7, 11) is 0. The molecule has 0 bridgehead atoms. The zero-order chi connectivity index (χ0) is 15.2. The smallest absolute Gasteiger partial charge is 0.355 e. The van der Waals surface area contributed by atoms with Gasteiger partial charge in [-0.2, -0.15) is 0 Å². The van der Waals surface area contributed by atoms with Crippen molar-refractivity contribution in [2.75, 3.05) is 6.54 Å². The maximum Gasteiger partial charge on any atom is 0.355 e. The molecule has 112 valence electrons. The quantitative estimate of drug-likeness (QED) is 0.759. The molecule has 0 radical (unpaired) electrons. The molecule has 8 heteroatoms. The Hall–Kier alpha value is -1.93. The summed E-state index contributed by atoms with van der Waals surface area (Å²) in [5.41, 5.74) is 1.22. The minimum atomic E-state index is -1.03. The van der Waals surface area contributed by atoms with Crippen LogP contribution in [0.15, 0.2) is 16.8 Å². The van der Waals surface area contributed by atoms with E-state index in [1.807, 2.05) is 18.4 Å². The van der Waals surface area contributed by atoms with Crippen LogP contribution < -0.4 is 10.6 Å². The van der Waals surface area contributed by atoms with E-state index in [-0.39, 0.29) is 11.7 Å². The average molecular weight is 325 g/mol. The fraction of sp³-hybridized carbons (Fsp3) is 0.308. The monoisotopic (exact) mass is 325 g/mol. The largest absolute Gasteiger partial charge is 0.476 e. The van der Waals surface area contributed by atoms with E-state index in [0.29, 0.717) is 24.5 Å². The van der Waals surface area contributed by atoms with Crippen LogP contribution in [0.5, 0.6) is 0 Å². The molecule has 0 saturated carbocycles. The summed E-state index contributed by atoms with van der Waals surface area (Å²) in [6.07, 6.45) is 0.517. The number of aryl methyl sites for hydroxylation is 1. The zero-order valence-electron chi connectivity index (χ0n) is 11.4. The molecule has 0 fully saturated rings. The molecule has 0 aliphatic rings. The summed E-state index contributed by atoms with van der Waals surface area (Å²) >= 11 is 2.89. The summed E-state index contributed by atoms with van der Waals surface area (Å²) < 4.78 is 0. The van der Waals surface area contributed by atoms with Crippen LogP contribution in [-0.2, 0) is 13.0 Å². The van der Waals surface area contributed by atoms with Crippen molar-refractivity contribution in [2.45, 2.75) is 19.9 Å². The lowest BCUT2D eigenvalue weighted by Crippen LogP contribution is -2.36. The average Bonchev–Trinajstić information content (AvgIpc) is 3.06. The highest BCUT2D eigenvalue weighted by molar-refractivity contribution is 7.10. The van der Waals surface area contributed by atoms with Crippen LogP contribution in [-0.4, -0.2) is 28.6 Å². The predicted octanol–water partition coefficient (Wildman–Crippen LogP) is 2.25. The van der Waals surface area contributed by atoms with Crippen molar-refractivity contribution in [3.8, 4) is 0 Å². The van der Waals surface area contributed by atoms with Crippen molar-refractivity contribution >= 4 is 34.7 Å². The predicted molar refractivity (Wildman–Crippen MR) is 82.1 cm³/mol. The second-order valence-corrected chi connectivity index (χ2v) is 6.26. The van der Waals surface area contributed by atoms with Gasteiger partial charge in [0.15, 0.2) is 5.69 Å². The van der Waals surface area contributed by atoms with Gasteiger partial charge in [-0.3, -0.25) is 0 Å². The number of hydrogen-bond acceptors (Lipinski definition) is 5. The van der Waals surface area contributed by atoms with Crippen LogP contribution in [0.1, 0.15) is 25.9 Å². The number of aromatic nitrogens is 1. The molecule has 0 unspecified atom stereocenters. The number of nitrogens with zero attached hydrogens (tertiary/aromatic N) is 1. The lowest BCUT2D eigenvalue weighted by molar-refractivity contribution is 0.0691. The number of carbonyl (C=O) groups is 2. The second-order valence-electron chi connectivity index (χ2n) is 4.32. The standard InChI is InChI=1S/C13H15N3O3S2/c1-8-3-5-20-10(8)6-15-13(19)14-4-2-11-16-9(7-21-11)12(17)18/h3,5,7H,2,4,6H2,1H3,(H,17,18)(H2,14,15,19). The van der Waals surface area contributed by atoms with Gasteiger partial charge >= 0.3 is 12.0 Å². The molecule has 3 N–H and O–H groups in total. The topological polar surface area (TPSA) is 91.3 Å². The van der Waals surface area contributed by atoms with E-state index in [2.05, 4.69) is 15.6 Å². The molecule has 2 aromatic heterocycles. The van der Waals surface area contributed by atoms with E-state index in [1.165, 1.54) is 22.3 Å². The van der Waals surface area contributed by atoms with Gasteiger partial charge in [-0.1, -0.05) is 0 Å². The Labute approximate surface area is 129 Å². The van der Waals surface area contributed by atoms with Gasteiger partial charge in [0, 0.05) is 23.2 Å². The van der Waals surface area contributed by atoms with Crippen LogP contribution in [0, 0.1) is 6.92 Å². The molecular formula is C13H15N3O3S2. The maximum absolute atomic E-state index is 11.6. The fourth-order valence-electron chi connectivity index (χ4n) is 1.62. The van der Waals surface area contributed by atoms with Gasteiger partial charge in [-0.15, -0.1) is 22.7 Å². The number of urea groups is 1. The fourth-order valence-corrected chi connectivity index (χ4v) is 3.23. The third kappa shape index (κ3) is 4.54. The summed E-state index contributed by atoms with van der Waals surface area (Å²) in [6, 6.07) is 1.78. The van der Waals surface area contributed by atoms with Gasteiger partial charge in [0.2, 0.25) is 0 Å². The first kappa shape index (κ1) is 15.5. The summed E-state index contributed by atoms with van der Waals surface area (Å²) in [4.78, 5) is 27.4. The molecule has 6 nitrogen and oxygen atoms in total. The molecule has 21 heavy (non-hydrogen) atoms. The van der Waals surface area contributed by atoms with Crippen molar-refractivity contribution in [1.82, 2.24) is 15.6 Å². The van der Waals surface area contributed by atoms with Gasteiger partial charge < -0.3 is 15.7 Å². The summed E-state index contributed by atoms with van der Waals surface area (Å²) in [5.74, 6) is -1.03. The van der Waals surface area contributed by atoms with Crippen molar-refractivity contribution in [2.24, 2.45) is 0 Å². The van der Waals surface area contributed by atoms with Gasteiger partial charge in [0.05, 0.1) is 11.6 Å². The Balaban J connectivity index is 1.69. The SMILES string of the molecule is Cc1ccsc1CNC(=O)NCCc1nc(C(=O)O)cs1. The Morgan fingerprint density at radius 3 is 2.76 bits per heavy atom. The highest BCUT2D eigenvalue weighted by Gasteiger charge is 2.09. The number of hydrogen-bond donors (Lipinski definition) is 3. The first-order chi connectivity index (χ1) is 10.1. The van der Waals surface area contributed by atoms with Crippen molar-refractivity contribution in [1.29, 1.82) is 0 Å². The first-order valence-corrected chi connectivity index (χ1v) is 8.04. The van der Waals surface area contributed by atoms with Crippen LogP contribution in [0.2, 0.25) is 0 Å². The minimum Gasteiger partial charge on any atom is -0.476 e. The van der Waals surface area contributed by atoms with Gasteiger partial charge in [-0.05, 0) is 23.9 Å². The molecule has 0 aliphatic heterocycles. The van der Waals surface area contributed by atoms with Crippen LogP contribution in [0.25, 0.3) is 0 Å². The second kappa shape index (κ2) is 7.19. The molecule has 0 aliphatic carbocycles. The summed E-state index contributed by atoms with van der Waals surface area (Å²) in [6.45, 7) is 2.94. The van der Waals surface area contributed by atoms with E-state index >= 15 is 0 Å². The highest BCUT2D eigenvalue weighted by Crippen LogP contribution is 2.14. The molecule has 2 amide bonds. The Morgan fingerprint density at radius 1 is 1.33 bits per heavy atom. The zero-order valence-corrected chi connectivity index (χ0v) is 13.0. The number of carboxylic acid groups (broad SMARTS) is 1. The van der Waals surface area contributed by atoms with E-state index in [9.17, 15) is 9.59 Å². The lowest BCUT2D eigenvalue weighted by Gasteiger charge is -2.06. The molecule has 0 aromatic carbocycles.